The van der Waals surface area contributed by atoms with Gasteiger partial charge < -0.3 is 14.3 Å². The van der Waals surface area contributed by atoms with Crippen LogP contribution < -0.4 is 0 Å². The van der Waals surface area contributed by atoms with Gasteiger partial charge in [0.15, 0.2) is 5.79 Å². The van der Waals surface area contributed by atoms with Gasteiger partial charge in [0.1, 0.15) is 6.29 Å². The number of hydrogen-bond donors (Lipinski definition) is 0. The Hall–Kier alpha value is -0.410. The fraction of sp³-hybridized carbons (Fsp3) is 0.929. The zero-order valence-corrected chi connectivity index (χ0v) is 11.1. The first-order valence-corrected chi connectivity index (χ1v) is 6.80. The van der Waals surface area contributed by atoms with Crippen molar-refractivity contribution in [2.75, 3.05) is 13.2 Å². The van der Waals surface area contributed by atoms with Crippen molar-refractivity contribution in [3.05, 3.63) is 0 Å². The Labute approximate surface area is 104 Å². The van der Waals surface area contributed by atoms with E-state index in [1.165, 1.54) is 6.42 Å². The van der Waals surface area contributed by atoms with Crippen LogP contribution in [0.15, 0.2) is 0 Å². The van der Waals surface area contributed by atoms with E-state index in [0.717, 1.165) is 19.1 Å². The lowest BCUT2D eigenvalue weighted by Gasteiger charge is -2.42. The van der Waals surface area contributed by atoms with Gasteiger partial charge in [0.2, 0.25) is 0 Å². The van der Waals surface area contributed by atoms with E-state index < -0.39 is 5.79 Å². The predicted molar refractivity (Wildman–Crippen MR) is 65.5 cm³/mol. The molecule has 0 amide bonds. The summed E-state index contributed by atoms with van der Waals surface area (Å²) in [4.78, 5) is 11.0. The molecule has 2 aliphatic rings. The molecule has 17 heavy (non-hydrogen) atoms. The first kappa shape index (κ1) is 13.0. The Bertz CT molecular complexity index is 271. The number of hydrogen-bond acceptors (Lipinski definition) is 3. The Balaban J connectivity index is 2.04. The Kier molecular flexibility index (Phi) is 3.88. The molecular formula is C14H24O3. The van der Waals surface area contributed by atoms with Crippen LogP contribution in [-0.4, -0.2) is 25.3 Å². The van der Waals surface area contributed by atoms with Gasteiger partial charge >= 0.3 is 0 Å². The quantitative estimate of drug-likeness (QED) is 0.711. The molecule has 1 aliphatic heterocycles. The highest BCUT2D eigenvalue weighted by atomic mass is 16.7. The molecule has 0 spiro atoms. The summed E-state index contributed by atoms with van der Waals surface area (Å²) in [5.74, 6) is 1.31. The maximum atomic E-state index is 11.0. The molecule has 2 fully saturated rings. The topological polar surface area (TPSA) is 35.5 Å². The van der Waals surface area contributed by atoms with E-state index in [-0.39, 0.29) is 5.92 Å². The fourth-order valence-corrected chi connectivity index (χ4v) is 3.43. The van der Waals surface area contributed by atoms with E-state index in [0.29, 0.717) is 31.0 Å². The van der Waals surface area contributed by atoms with Crippen molar-refractivity contribution in [1.82, 2.24) is 0 Å². The smallest absolute Gasteiger partial charge is 0.168 e. The highest BCUT2D eigenvalue weighted by Crippen LogP contribution is 2.44. The molecule has 0 radical (unpaired) electrons. The molecule has 3 heteroatoms. The summed E-state index contributed by atoms with van der Waals surface area (Å²) in [7, 11) is 0. The second-order valence-electron chi connectivity index (χ2n) is 5.86. The SMILES string of the molecule is C[C@@H]1CC[C@H](C2(C)OCCO2)C[C@@H]1[C@@H](C)C=O. The monoisotopic (exact) mass is 240 g/mol. The summed E-state index contributed by atoms with van der Waals surface area (Å²) >= 11 is 0. The summed E-state index contributed by atoms with van der Waals surface area (Å²) in [6.07, 6.45) is 4.48. The van der Waals surface area contributed by atoms with Crippen LogP contribution in [0.1, 0.15) is 40.0 Å². The molecule has 2 rings (SSSR count). The third-order valence-electron chi connectivity index (χ3n) is 4.75. The molecule has 1 saturated heterocycles. The van der Waals surface area contributed by atoms with Crippen LogP contribution in [-0.2, 0) is 14.3 Å². The minimum atomic E-state index is -0.402. The molecule has 1 heterocycles. The third-order valence-corrected chi connectivity index (χ3v) is 4.75. The fourth-order valence-electron chi connectivity index (χ4n) is 3.43. The summed E-state index contributed by atoms with van der Waals surface area (Å²) in [6, 6.07) is 0. The zero-order chi connectivity index (χ0) is 12.5. The van der Waals surface area contributed by atoms with Gasteiger partial charge in [-0.3, -0.25) is 0 Å². The van der Waals surface area contributed by atoms with Crippen LogP contribution >= 0.6 is 0 Å². The van der Waals surface area contributed by atoms with Crippen molar-refractivity contribution >= 4 is 6.29 Å². The van der Waals surface area contributed by atoms with Crippen molar-refractivity contribution < 1.29 is 14.3 Å². The molecule has 1 saturated carbocycles. The lowest BCUT2D eigenvalue weighted by atomic mass is 9.68. The second kappa shape index (κ2) is 5.07. The van der Waals surface area contributed by atoms with E-state index in [2.05, 4.69) is 13.8 Å². The van der Waals surface area contributed by atoms with E-state index in [4.69, 9.17) is 9.47 Å². The molecule has 0 aromatic heterocycles. The number of rotatable bonds is 3. The van der Waals surface area contributed by atoms with Crippen molar-refractivity contribution in [3.63, 3.8) is 0 Å². The molecule has 98 valence electrons. The second-order valence-corrected chi connectivity index (χ2v) is 5.86. The van der Waals surface area contributed by atoms with Crippen LogP contribution in [0.4, 0.5) is 0 Å². The average molecular weight is 240 g/mol. The number of carbonyl (C=O) groups excluding carboxylic acids is 1. The predicted octanol–water partition coefficient (Wildman–Crippen LogP) is 2.64. The molecular weight excluding hydrogens is 216 g/mol. The van der Waals surface area contributed by atoms with Gasteiger partial charge in [0.05, 0.1) is 13.2 Å². The summed E-state index contributed by atoms with van der Waals surface area (Å²) in [5, 5.41) is 0. The average Bonchev–Trinajstić information content (AvgIpc) is 2.77. The van der Waals surface area contributed by atoms with Gasteiger partial charge in [0, 0.05) is 11.8 Å². The first-order valence-electron chi connectivity index (χ1n) is 6.80. The Morgan fingerprint density at radius 2 is 1.94 bits per heavy atom. The van der Waals surface area contributed by atoms with E-state index in [1.807, 2.05) is 6.92 Å². The van der Waals surface area contributed by atoms with Gasteiger partial charge in [-0.15, -0.1) is 0 Å². The van der Waals surface area contributed by atoms with Crippen LogP contribution in [0.5, 0.6) is 0 Å². The molecule has 0 aromatic carbocycles. The maximum Gasteiger partial charge on any atom is 0.168 e. The maximum absolute atomic E-state index is 11.0. The van der Waals surface area contributed by atoms with Gasteiger partial charge in [-0.05, 0) is 38.0 Å². The highest BCUT2D eigenvalue weighted by molar-refractivity contribution is 5.53. The summed E-state index contributed by atoms with van der Waals surface area (Å²) in [6.45, 7) is 7.77. The first-order chi connectivity index (χ1) is 8.07. The lowest BCUT2D eigenvalue weighted by molar-refractivity contribution is -0.195. The third kappa shape index (κ3) is 2.55. The van der Waals surface area contributed by atoms with Crippen molar-refractivity contribution in [3.8, 4) is 0 Å². The molecule has 4 atom stereocenters. The van der Waals surface area contributed by atoms with Gasteiger partial charge in [-0.2, -0.15) is 0 Å². The molecule has 0 bridgehead atoms. The van der Waals surface area contributed by atoms with E-state index in [9.17, 15) is 4.79 Å². The minimum absolute atomic E-state index is 0.151. The number of aldehydes is 1. The van der Waals surface area contributed by atoms with E-state index in [1.54, 1.807) is 0 Å². The van der Waals surface area contributed by atoms with Crippen molar-refractivity contribution in [2.24, 2.45) is 23.7 Å². The molecule has 0 N–H and O–H groups in total. The Morgan fingerprint density at radius 1 is 1.29 bits per heavy atom. The zero-order valence-electron chi connectivity index (χ0n) is 11.1. The van der Waals surface area contributed by atoms with E-state index >= 15 is 0 Å². The summed E-state index contributed by atoms with van der Waals surface area (Å²) < 4.78 is 11.5. The van der Waals surface area contributed by atoms with Crippen LogP contribution in [0, 0.1) is 23.7 Å². The lowest BCUT2D eigenvalue weighted by Crippen LogP contribution is -2.42. The number of carbonyl (C=O) groups is 1. The van der Waals surface area contributed by atoms with Gasteiger partial charge in [0.25, 0.3) is 0 Å². The standard InChI is InChI=1S/C14H24O3/c1-10-4-5-12(8-13(10)11(2)9-15)14(3)16-6-7-17-14/h9-13H,4-8H2,1-3H3/t10-,11+,12+,13+/m1/s1. The molecule has 0 unspecified atom stereocenters. The molecule has 0 aromatic rings. The van der Waals surface area contributed by atoms with Gasteiger partial charge in [-0.1, -0.05) is 13.8 Å². The van der Waals surface area contributed by atoms with Gasteiger partial charge in [-0.25, -0.2) is 0 Å². The Morgan fingerprint density at radius 3 is 2.53 bits per heavy atom. The van der Waals surface area contributed by atoms with Crippen molar-refractivity contribution in [2.45, 2.75) is 45.8 Å². The van der Waals surface area contributed by atoms with Crippen LogP contribution in [0.2, 0.25) is 0 Å². The minimum Gasteiger partial charge on any atom is -0.348 e. The molecule has 1 aliphatic carbocycles. The highest BCUT2D eigenvalue weighted by Gasteiger charge is 2.44. The normalized spacial score (nSPS) is 38.9. The van der Waals surface area contributed by atoms with Crippen LogP contribution in [0.25, 0.3) is 0 Å². The van der Waals surface area contributed by atoms with Crippen molar-refractivity contribution in [1.29, 1.82) is 0 Å². The van der Waals surface area contributed by atoms with Crippen LogP contribution in [0.3, 0.4) is 0 Å². The summed E-state index contributed by atoms with van der Waals surface area (Å²) in [5.41, 5.74) is 0. The molecule has 3 nitrogen and oxygen atoms in total. The largest absolute Gasteiger partial charge is 0.348 e. The number of ether oxygens (including phenoxy) is 2.